The number of allylic oxidation sites excluding steroid dienone is 10. The largest absolute Gasteiger partial charge is 0.493 e. The fourth-order valence-electron chi connectivity index (χ4n) is 4.21. The van der Waals surface area contributed by atoms with E-state index in [1.807, 2.05) is 6.08 Å². The van der Waals surface area contributed by atoms with Crippen LogP contribution in [0.2, 0.25) is 0 Å². The Kier molecular flexibility index (Phi) is 18.8. The van der Waals surface area contributed by atoms with Crippen LogP contribution in [0, 0.1) is 0 Å². The first kappa shape index (κ1) is 36.8. The number of ether oxygens (including phenoxy) is 3. The SMILES string of the molecule is COc1cc(C(=O)OCC=C(C)CCC=C(C)CCC=C(C)C)ccc1OCC=C(C)CCC=C(C)CCC=C(C)C. The molecule has 0 fully saturated rings. The molecule has 0 aromatic heterocycles. The van der Waals surface area contributed by atoms with Gasteiger partial charge in [-0.2, -0.15) is 0 Å². The van der Waals surface area contributed by atoms with E-state index in [1.165, 1.54) is 33.4 Å². The van der Waals surface area contributed by atoms with Gasteiger partial charge in [-0.25, -0.2) is 4.79 Å². The molecule has 0 aliphatic heterocycles. The van der Waals surface area contributed by atoms with Gasteiger partial charge in [-0.3, -0.25) is 0 Å². The van der Waals surface area contributed by atoms with Gasteiger partial charge in [0.1, 0.15) is 13.2 Å². The summed E-state index contributed by atoms with van der Waals surface area (Å²) in [6.07, 6.45) is 21.7. The average Bonchev–Trinajstić information content (AvgIpc) is 2.92. The van der Waals surface area contributed by atoms with Crippen molar-refractivity contribution in [3.05, 3.63) is 93.7 Å². The lowest BCUT2D eigenvalue weighted by molar-refractivity contribution is 0.0548. The molecule has 0 N–H and O–H groups in total. The molecule has 0 aliphatic rings. The van der Waals surface area contributed by atoms with Crippen LogP contribution in [0.25, 0.3) is 0 Å². The van der Waals surface area contributed by atoms with Crippen molar-refractivity contribution in [2.24, 2.45) is 0 Å². The van der Waals surface area contributed by atoms with Crippen LogP contribution in [0.4, 0.5) is 0 Å². The Labute approximate surface area is 256 Å². The number of benzene rings is 1. The van der Waals surface area contributed by atoms with Crippen LogP contribution in [0.3, 0.4) is 0 Å². The van der Waals surface area contributed by atoms with Crippen LogP contribution < -0.4 is 9.47 Å². The van der Waals surface area contributed by atoms with E-state index in [9.17, 15) is 4.79 Å². The summed E-state index contributed by atoms with van der Waals surface area (Å²) in [4.78, 5) is 12.6. The Balaban J connectivity index is 2.51. The smallest absolute Gasteiger partial charge is 0.338 e. The molecule has 0 atom stereocenters. The standard InChI is InChI=1S/C38H56O4/c1-29(2)14-10-16-31(5)18-12-20-33(7)24-26-41-36-23-22-35(28-37(36)40-9)38(39)42-27-25-34(8)21-13-19-32(6)17-11-15-30(3)4/h14-15,18-19,22-25,28H,10-13,16-17,20-21,26-27H2,1-9H3. The number of esters is 1. The molecule has 1 aromatic rings. The minimum absolute atomic E-state index is 0.253. The number of hydrogen-bond acceptors (Lipinski definition) is 4. The minimum atomic E-state index is -0.376. The van der Waals surface area contributed by atoms with E-state index in [-0.39, 0.29) is 12.6 Å². The highest BCUT2D eigenvalue weighted by Gasteiger charge is 2.12. The summed E-state index contributed by atoms with van der Waals surface area (Å²) in [6, 6.07) is 5.17. The van der Waals surface area contributed by atoms with Gasteiger partial charge in [0.2, 0.25) is 0 Å². The summed E-state index contributed by atoms with van der Waals surface area (Å²) in [5.74, 6) is 0.746. The Bertz CT molecular complexity index is 1150. The molecule has 1 rings (SSSR count). The first-order chi connectivity index (χ1) is 20.0. The van der Waals surface area contributed by atoms with E-state index < -0.39 is 0 Å². The van der Waals surface area contributed by atoms with Crippen molar-refractivity contribution in [3.8, 4) is 11.5 Å². The van der Waals surface area contributed by atoms with E-state index in [0.717, 1.165) is 51.4 Å². The van der Waals surface area contributed by atoms with Crippen LogP contribution >= 0.6 is 0 Å². The van der Waals surface area contributed by atoms with Gasteiger partial charge in [0.15, 0.2) is 11.5 Å². The maximum atomic E-state index is 12.6. The molecule has 1 aromatic carbocycles. The summed E-state index contributed by atoms with van der Waals surface area (Å²) in [5, 5.41) is 0. The third-order valence-electron chi connectivity index (χ3n) is 6.96. The molecule has 0 saturated heterocycles. The average molecular weight is 577 g/mol. The molecule has 0 unspecified atom stereocenters. The molecule has 4 nitrogen and oxygen atoms in total. The van der Waals surface area contributed by atoms with Crippen molar-refractivity contribution < 1.29 is 19.0 Å². The number of carbonyl (C=O) groups is 1. The van der Waals surface area contributed by atoms with E-state index in [0.29, 0.717) is 23.7 Å². The quantitative estimate of drug-likeness (QED) is 0.121. The highest BCUT2D eigenvalue weighted by atomic mass is 16.5. The van der Waals surface area contributed by atoms with Crippen molar-refractivity contribution in [2.75, 3.05) is 20.3 Å². The van der Waals surface area contributed by atoms with Gasteiger partial charge in [0, 0.05) is 0 Å². The summed E-state index contributed by atoms with van der Waals surface area (Å²) in [5.41, 5.74) is 8.55. The third kappa shape index (κ3) is 17.5. The zero-order valence-electron chi connectivity index (χ0n) is 27.9. The molecule has 0 radical (unpaired) electrons. The summed E-state index contributed by atoms with van der Waals surface area (Å²) in [7, 11) is 1.58. The Hall–Kier alpha value is -3.27. The molecular weight excluding hydrogens is 520 g/mol. The monoisotopic (exact) mass is 576 g/mol. The maximum Gasteiger partial charge on any atom is 0.338 e. The van der Waals surface area contributed by atoms with E-state index in [4.69, 9.17) is 14.2 Å². The van der Waals surface area contributed by atoms with Gasteiger partial charge in [0.25, 0.3) is 0 Å². The Morgan fingerprint density at radius 1 is 0.595 bits per heavy atom. The maximum absolute atomic E-state index is 12.6. The van der Waals surface area contributed by atoms with E-state index in [2.05, 4.69) is 85.8 Å². The number of methoxy groups -OCH3 is 1. The zero-order valence-corrected chi connectivity index (χ0v) is 27.9. The predicted octanol–water partition coefficient (Wildman–Crippen LogP) is 11.1. The molecule has 0 spiro atoms. The summed E-state index contributed by atoms with van der Waals surface area (Å²) < 4.78 is 16.9. The molecule has 0 bridgehead atoms. The molecule has 4 heteroatoms. The topological polar surface area (TPSA) is 44.8 Å². The molecule has 0 amide bonds. The third-order valence-corrected chi connectivity index (χ3v) is 6.96. The normalized spacial score (nSPS) is 12.6. The van der Waals surface area contributed by atoms with E-state index >= 15 is 0 Å². The first-order valence-electron chi connectivity index (χ1n) is 15.4. The molecule has 0 aliphatic carbocycles. The van der Waals surface area contributed by atoms with Crippen molar-refractivity contribution in [1.29, 1.82) is 0 Å². The highest BCUT2D eigenvalue weighted by Crippen LogP contribution is 2.28. The molecular formula is C38H56O4. The van der Waals surface area contributed by atoms with Gasteiger partial charge >= 0.3 is 5.97 Å². The minimum Gasteiger partial charge on any atom is -0.493 e. The number of hydrogen-bond donors (Lipinski definition) is 0. The van der Waals surface area contributed by atoms with Crippen molar-refractivity contribution >= 4 is 5.97 Å². The fourth-order valence-corrected chi connectivity index (χ4v) is 4.21. The second kappa shape index (κ2) is 21.4. The van der Waals surface area contributed by atoms with Crippen LogP contribution in [-0.2, 0) is 4.74 Å². The van der Waals surface area contributed by atoms with Gasteiger partial charge in [0.05, 0.1) is 12.7 Å². The van der Waals surface area contributed by atoms with Gasteiger partial charge in [-0.15, -0.1) is 0 Å². The Morgan fingerprint density at radius 3 is 1.52 bits per heavy atom. The van der Waals surface area contributed by atoms with Crippen molar-refractivity contribution in [1.82, 2.24) is 0 Å². The second-order valence-electron chi connectivity index (χ2n) is 11.7. The number of carbonyl (C=O) groups excluding carboxylic acids is 1. The van der Waals surface area contributed by atoms with Gasteiger partial charge in [-0.05, 0) is 137 Å². The van der Waals surface area contributed by atoms with Crippen molar-refractivity contribution in [3.63, 3.8) is 0 Å². The summed E-state index contributed by atoms with van der Waals surface area (Å²) in [6.45, 7) is 17.9. The molecule has 232 valence electrons. The van der Waals surface area contributed by atoms with Crippen LogP contribution in [0.1, 0.15) is 117 Å². The Morgan fingerprint density at radius 2 is 1.05 bits per heavy atom. The second-order valence-corrected chi connectivity index (χ2v) is 11.7. The highest BCUT2D eigenvalue weighted by molar-refractivity contribution is 5.90. The first-order valence-corrected chi connectivity index (χ1v) is 15.4. The fraction of sp³-hybridized carbons (Fsp3) is 0.500. The molecule has 42 heavy (non-hydrogen) atoms. The predicted molar refractivity (Wildman–Crippen MR) is 180 cm³/mol. The zero-order chi connectivity index (χ0) is 31.3. The lowest BCUT2D eigenvalue weighted by atomic mass is 10.1. The van der Waals surface area contributed by atoms with Crippen LogP contribution in [0.5, 0.6) is 11.5 Å². The van der Waals surface area contributed by atoms with Gasteiger partial charge in [-0.1, -0.05) is 57.7 Å². The lowest BCUT2D eigenvalue weighted by Gasteiger charge is -2.11. The summed E-state index contributed by atoms with van der Waals surface area (Å²) >= 11 is 0. The molecule has 0 heterocycles. The lowest BCUT2D eigenvalue weighted by Crippen LogP contribution is -2.06. The van der Waals surface area contributed by atoms with E-state index in [1.54, 1.807) is 25.3 Å². The number of rotatable bonds is 19. The van der Waals surface area contributed by atoms with Crippen LogP contribution in [-0.4, -0.2) is 26.3 Å². The van der Waals surface area contributed by atoms with Gasteiger partial charge < -0.3 is 14.2 Å². The van der Waals surface area contributed by atoms with Crippen LogP contribution in [0.15, 0.2) is 88.1 Å². The molecule has 0 saturated carbocycles. The van der Waals surface area contributed by atoms with Crippen molar-refractivity contribution in [2.45, 2.75) is 107 Å².